The highest BCUT2D eigenvalue weighted by atomic mass is 19.1. The minimum Gasteiger partial charge on any atom is -0.325 e. The van der Waals surface area contributed by atoms with Crippen LogP contribution in [0.5, 0.6) is 0 Å². The molecule has 1 aliphatic carbocycles. The van der Waals surface area contributed by atoms with Gasteiger partial charge in [-0.3, -0.25) is 14.9 Å². The number of carbonyl (C=O) groups excluding carboxylic acids is 1. The van der Waals surface area contributed by atoms with E-state index in [2.05, 4.69) is 5.32 Å². The molecular weight excluding hydrogens is 272 g/mol. The highest BCUT2D eigenvalue weighted by molar-refractivity contribution is 5.92. The molecule has 108 valence electrons. The Labute approximate surface area is 113 Å². The van der Waals surface area contributed by atoms with Gasteiger partial charge in [-0.15, -0.1) is 0 Å². The van der Waals surface area contributed by atoms with Crippen molar-refractivity contribution in [2.75, 3.05) is 5.32 Å². The molecule has 0 heterocycles. The van der Waals surface area contributed by atoms with E-state index in [-0.39, 0.29) is 6.42 Å². The summed E-state index contributed by atoms with van der Waals surface area (Å²) in [6.45, 7) is 0. The Kier molecular flexibility index (Phi) is 3.67. The number of nitrogens with one attached hydrogen (secondary N) is 1. The first kappa shape index (κ1) is 14.3. The number of hydrogen-bond acceptors (Lipinski definition) is 4. The van der Waals surface area contributed by atoms with Crippen molar-refractivity contribution in [1.82, 2.24) is 0 Å². The molecule has 0 aromatic heterocycles. The van der Waals surface area contributed by atoms with Crippen molar-refractivity contribution in [2.24, 2.45) is 5.73 Å². The number of benzene rings is 1. The van der Waals surface area contributed by atoms with Gasteiger partial charge in [0, 0.05) is 24.1 Å². The van der Waals surface area contributed by atoms with Crippen LogP contribution in [0.15, 0.2) is 12.1 Å². The molecule has 0 atom stereocenters. The van der Waals surface area contributed by atoms with Crippen LogP contribution < -0.4 is 11.1 Å². The molecular formula is C12H13F2N3O3. The zero-order valence-electron chi connectivity index (χ0n) is 10.5. The molecule has 0 aliphatic heterocycles. The Morgan fingerprint density at radius 3 is 2.55 bits per heavy atom. The summed E-state index contributed by atoms with van der Waals surface area (Å²) in [5.41, 5.74) is 3.96. The Morgan fingerprint density at radius 1 is 1.40 bits per heavy atom. The summed E-state index contributed by atoms with van der Waals surface area (Å²) in [6, 6.07) is 1.03. The first-order chi connectivity index (χ1) is 9.31. The van der Waals surface area contributed by atoms with E-state index in [0.717, 1.165) is 6.42 Å². The second-order valence-corrected chi connectivity index (χ2v) is 4.98. The third-order valence-electron chi connectivity index (χ3n) is 3.37. The molecule has 8 heteroatoms. The van der Waals surface area contributed by atoms with Crippen molar-refractivity contribution in [3.05, 3.63) is 33.9 Å². The lowest BCUT2D eigenvalue weighted by atomic mass is 9.75. The van der Waals surface area contributed by atoms with E-state index in [9.17, 15) is 23.7 Å². The molecule has 0 spiro atoms. The number of nitrogens with zero attached hydrogens (tertiary/aromatic N) is 1. The Morgan fingerprint density at radius 2 is 2.05 bits per heavy atom. The second kappa shape index (κ2) is 5.12. The molecule has 1 aromatic rings. The first-order valence-corrected chi connectivity index (χ1v) is 6.03. The molecule has 1 saturated carbocycles. The summed E-state index contributed by atoms with van der Waals surface area (Å²) in [4.78, 5) is 21.3. The van der Waals surface area contributed by atoms with Crippen LogP contribution in [0.2, 0.25) is 0 Å². The molecule has 0 bridgehead atoms. The number of anilines is 1. The molecule has 1 aliphatic rings. The average Bonchev–Trinajstić information content (AvgIpc) is 2.30. The fraction of sp³-hybridized carbons (Fsp3) is 0.417. The predicted octanol–water partition coefficient (Wildman–Crippen LogP) is 2.08. The SMILES string of the molecule is NC1(CC(=O)Nc2cc([N+](=O)[O-])c(F)cc2F)CCC1. The number of nitro groups is 1. The summed E-state index contributed by atoms with van der Waals surface area (Å²) in [5, 5.41) is 12.8. The minimum atomic E-state index is -1.29. The number of rotatable bonds is 4. The van der Waals surface area contributed by atoms with Crippen molar-refractivity contribution >= 4 is 17.3 Å². The topological polar surface area (TPSA) is 98.3 Å². The summed E-state index contributed by atoms with van der Waals surface area (Å²) in [5.74, 6) is -2.91. The largest absolute Gasteiger partial charge is 0.325 e. The highest BCUT2D eigenvalue weighted by Gasteiger charge is 2.35. The number of hydrogen-bond donors (Lipinski definition) is 2. The van der Waals surface area contributed by atoms with E-state index in [1.807, 2.05) is 0 Å². The molecule has 0 radical (unpaired) electrons. The number of halogens is 2. The Balaban J connectivity index is 2.14. The van der Waals surface area contributed by atoms with Gasteiger partial charge >= 0.3 is 5.69 Å². The van der Waals surface area contributed by atoms with Gasteiger partial charge in [-0.25, -0.2) is 4.39 Å². The third kappa shape index (κ3) is 2.90. The van der Waals surface area contributed by atoms with E-state index in [1.54, 1.807) is 0 Å². The molecule has 3 N–H and O–H groups in total. The zero-order chi connectivity index (χ0) is 14.9. The standard InChI is InChI=1S/C12H13F2N3O3/c13-7-4-8(14)10(17(19)20)5-9(7)16-11(18)6-12(15)2-1-3-12/h4-5H,1-3,6,15H2,(H,16,18). The first-order valence-electron chi connectivity index (χ1n) is 6.03. The molecule has 0 unspecified atom stereocenters. The fourth-order valence-corrected chi connectivity index (χ4v) is 2.10. The molecule has 1 aromatic carbocycles. The van der Waals surface area contributed by atoms with Crippen LogP contribution in [0.25, 0.3) is 0 Å². The second-order valence-electron chi connectivity index (χ2n) is 4.98. The van der Waals surface area contributed by atoms with Crippen LogP contribution in [0.3, 0.4) is 0 Å². The number of amides is 1. The molecule has 6 nitrogen and oxygen atoms in total. The van der Waals surface area contributed by atoms with Gasteiger partial charge in [-0.05, 0) is 19.3 Å². The van der Waals surface area contributed by atoms with Crippen LogP contribution in [-0.2, 0) is 4.79 Å². The summed E-state index contributed by atoms with van der Waals surface area (Å²) >= 11 is 0. The van der Waals surface area contributed by atoms with Crippen LogP contribution in [-0.4, -0.2) is 16.4 Å². The van der Waals surface area contributed by atoms with Gasteiger partial charge < -0.3 is 11.1 Å². The maximum Gasteiger partial charge on any atom is 0.307 e. The number of nitro benzene ring substituents is 1. The summed E-state index contributed by atoms with van der Waals surface area (Å²) in [7, 11) is 0. The van der Waals surface area contributed by atoms with Crippen LogP contribution in [0.1, 0.15) is 25.7 Å². The molecule has 0 saturated heterocycles. The smallest absolute Gasteiger partial charge is 0.307 e. The normalized spacial score (nSPS) is 16.4. The monoisotopic (exact) mass is 285 g/mol. The maximum atomic E-state index is 13.5. The summed E-state index contributed by atoms with van der Waals surface area (Å²) in [6.07, 6.45) is 2.33. The zero-order valence-corrected chi connectivity index (χ0v) is 10.5. The molecule has 2 rings (SSSR count). The lowest BCUT2D eigenvalue weighted by molar-refractivity contribution is -0.387. The maximum absolute atomic E-state index is 13.5. The predicted molar refractivity (Wildman–Crippen MR) is 67.0 cm³/mol. The van der Waals surface area contributed by atoms with Crippen molar-refractivity contribution in [1.29, 1.82) is 0 Å². The fourth-order valence-electron chi connectivity index (χ4n) is 2.10. The van der Waals surface area contributed by atoms with Gasteiger partial charge in [0.25, 0.3) is 0 Å². The third-order valence-corrected chi connectivity index (χ3v) is 3.37. The van der Waals surface area contributed by atoms with E-state index in [0.29, 0.717) is 25.0 Å². The highest BCUT2D eigenvalue weighted by Crippen LogP contribution is 2.33. The Hall–Kier alpha value is -2.09. The lowest BCUT2D eigenvalue weighted by Crippen LogP contribution is -2.48. The molecule has 1 fully saturated rings. The van der Waals surface area contributed by atoms with E-state index in [4.69, 9.17) is 5.73 Å². The van der Waals surface area contributed by atoms with E-state index < -0.39 is 39.4 Å². The van der Waals surface area contributed by atoms with Crippen molar-refractivity contribution in [3.63, 3.8) is 0 Å². The number of carbonyl (C=O) groups is 1. The van der Waals surface area contributed by atoms with E-state index in [1.165, 1.54) is 0 Å². The minimum absolute atomic E-state index is 0.00237. The van der Waals surface area contributed by atoms with Gasteiger partial charge in [-0.1, -0.05) is 0 Å². The number of nitrogens with two attached hydrogens (primary N) is 1. The van der Waals surface area contributed by atoms with Gasteiger partial charge in [0.2, 0.25) is 11.7 Å². The van der Waals surface area contributed by atoms with Gasteiger partial charge in [-0.2, -0.15) is 4.39 Å². The Bertz CT molecular complexity index is 573. The van der Waals surface area contributed by atoms with Gasteiger partial charge in [0.15, 0.2) is 0 Å². The average molecular weight is 285 g/mol. The molecule has 1 amide bonds. The van der Waals surface area contributed by atoms with Crippen molar-refractivity contribution in [2.45, 2.75) is 31.2 Å². The van der Waals surface area contributed by atoms with Crippen molar-refractivity contribution < 1.29 is 18.5 Å². The van der Waals surface area contributed by atoms with Gasteiger partial charge in [0.1, 0.15) is 5.82 Å². The van der Waals surface area contributed by atoms with E-state index >= 15 is 0 Å². The van der Waals surface area contributed by atoms with Crippen LogP contribution in [0, 0.1) is 21.7 Å². The van der Waals surface area contributed by atoms with Crippen molar-refractivity contribution in [3.8, 4) is 0 Å². The van der Waals surface area contributed by atoms with Crippen LogP contribution in [0.4, 0.5) is 20.2 Å². The van der Waals surface area contributed by atoms with Gasteiger partial charge in [0.05, 0.1) is 10.6 Å². The van der Waals surface area contributed by atoms with Crippen LogP contribution >= 0.6 is 0 Å². The quantitative estimate of drug-likeness (QED) is 0.653. The molecule has 20 heavy (non-hydrogen) atoms. The summed E-state index contributed by atoms with van der Waals surface area (Å²) < 4.78 is 26.6. The lowest BCUT2D eigenvalue weighted by Gasteiger charge is -2.37.